The summed E-state index contributed by atoms with van der Waals surface area (Å²) in [6, 6.07) is 18.8. The fourth-order valence-electron chi connectivity index (χ4n) is 4.42. The average Bonchev–Trinajstić information content (AvgIpc) is 3.15. The van der Waals surface area contributed by atoms with E-state index in [4.69, 9.17) is 27.9 Å². The third kappa shape index (κ3) is 5.98. The van der Waals surface area contributed by atoms with Gasteiger partial charge in [-0.2, -0.15) is 0 Å². The number of aliphatic carboxylic acids is 1. The Morgan fingerprint density at radius 3 is 2.54 bits per heavy atom. The molecule has 35 heavy (non-hydrogen) atoms. The number of carbonyl (C=O) groups is 2. The number of carboxylic acids is 1. The molecule has 0 bridgehead atoms. The number of ether oxygens (including phenoxy) is 1. The van der Waals surface area contributed by atoms with Gasteiger partial charge in [0, 0.05) is 31.5 Å². The van der Waals surface area contributed by atoms with Crippen LogP contribution in [0.5, 0.6) is 5.75 Å². The van der Waals surface area contributed by atoms with Gasteiger partial charge in [0.25, 0.3) is 5.91 Å². The molecule has 0 saturated carbocycles. The molecule has 0 aromatic heterocycles. The summed E-state index contributed by atoms with van der Waals surface area (Å²) in [5.41, 5.74) is 3.90. The molecule has 5 nitrogen and oxygen atoms in total. The zero-order valence-corrected chi connectivity index (χ0v) is 21.2. The third-order valence-electron chi connectivity index (χ3n) is 6.20. The van der Waals surface area contributed by atoms with Crippen molar-refractivity contribution in [3.63, 3.8) is 0 Å². The fourth-order valence-corrected chi connectivity index (χ4v) is 4.81. The van der Waals surface area contributed by atoms with Crippen molar-refractivity contribution in [3.05, 3.63) is 98.5 Å². The normalized spacial score (nSPS) is 16.5. The van der Waals surface area contributed by atoms with Gasteiger partial charge in [-0.05, 0) is 54.8 Å². The first-order valence-corrected chi connectivity index (χ1v) is 12.2. The second-order valence-electron chi connectivity index (χ2n) is 9.30. The Hall–Kier alpha value is -3.02. The van der Waals surface area contributed by atoms with Gasteiger partial charge in [-0.25, -0.2) is 0 Å². The SMILES string of the molecule is Cc1ccc(CN(CCC(=O)O)C(=O)c2ccc3c(c2)C[C@@](C)(Cc2cccc(Cl)c2Cl)O3)cc1. The van der Waals surface area contributed by atoms with E-state index in [-0.39, 0.29) is 18.9 Å². The molecular weight excluding hydrogens is 485 g/mol. The maximum Gasteiger partial charge on any atom is 0.305 e. The van der Waals surface area contributed by atoms with Crippen LogP contribution in [0, 0.1) is 6.92 Å². The topological polar surface area (TPSA) is 66.8 Å². The zero-order chi connectivity index (χ0) is 25.2. The number of carbonyl (C=O) groups excluding carboxylic acids is 1. The number of halogens is 2. The maximum absolute atomic E-state index is 13.4. The van der Waals surface area contributed by atoms with Gasteiger partial charge in [-0.3, -0.25) is 9.59 Å². The summed E-state index contributed by atoms with van der Waals surface area (Å²) in [6.45, 7) is 4.48. The quantitative estimate of drug-likeness (QED) is 0.382. The van der Waals surface area contributed by atoms with E-state index in [0.717, 1.165) is 28.0 Å². The van der Waals surface area contributed by atoms with Crippen molar-refractivity contribution in [2.24, 2.45) is 0 Å². The molecule has 0 spiro atoms. The maximum atomic E-state index is 13.4. The van der Waals surface area contributed by atoms with Crippen LogP contribution in [0.4, 0.5) is 0 Å². The van der Waals surface area contributed by atoms with E-state index >= 15 is 0 Å². The molecular formula is C28H27Cl2NO4. The van der Waals surface area contributed by atoms with Gasteiger partial charge in [-0.15, -0.1) is 0 Å². The number of benzene rings is 3. The van der Waals surface area contributed by atoms with Gasteiger partial charge in [0.15, 0.2) is 0 Å². The first kappa shape index (κ1) is 25.1. The largest absolute Gasteiger partial charge is 0.487 e. The highest BCUT2D eigenvalue weighted by atomic mass is 35.5. The average molecular weight is 512 g/mol. The molecule has 4 rings (SSSR count). The molecule has 0 unspecified atom stereocenters. The number of carboxylic acid groups (broad SMARTS) is 1. The summed E-state index contributed by atoms with van der Waals surface area (Å²) in [7, 11) is 0. The molecule has 0 fully saturated rings. The minimum Gasteiger partial charge on any atom is -0.487 e. The number of fused-ring (bicyclic) bond motifs is 1. The minimum absolute atomic E-state index is 0.121. The van der Waals surface area contributed by atoms with Gasteiger partial charge >= 0.3 is 5.97 Å². The lowest BCUT2D eigenvalue weighted by atomic mass is 9.91. The van der Waals surface area contributed by atoms with Gasteiger partial charge in [0.2, 0.25) is 0 Å². The van der Waals surface area contributed by atoms with Crippen LogP contribution in [0.1, 0.15) is 46.0 Å². The van der Waals surface area contributed by atoms with Gasteiger partial charge < -0.3 is 14.7 Å². The Kier molecular flexibility index (Phi) is 7.39. The highest BCUT2D eigenvalue weighted by molar-refractivity contribution is 6.42. The van der Waals surface area contributed by atoms with Crippen molar-refractivity contribution in [1.29, 1.82) is 0 Å². The van der Waals surface area contributed by atoms with E-state index in [9.17, 15) is 14.7 Å². The lowest BCUT2D eigenvalue weighted by Crippen LogP contribution is -2.33. The lowest BCUT2D eigenvalue weighted by Gasteiger charge is -2.24. The van der Waals surface area contributed by atoms with Crippen LogP contribution in [-0.2, 0) is 24.2 Å². The Bertz CT molecular complexity index is 1260. The Morgan fingerprint density at radius 2 is 1.83 bits per heavy atom. The summed E-state index contributed by atoms with van der Waals surface area (Å²) >= 11 is 12.6. The van der Waals surface area contributed by atoms with Crippen molar-refractivity contribution < 1.29 is 19.4 Å². The summed E-state index contributed by atoms with van der Waals surface area (Å²) in [6.07, 6.45) is 1.06. The second kappa shape index (κ2) is 10.3. The molecule has 1 aliphatic heterocycles. The van der Waals surface area contributed by atoms with Crippen LogP contribution >= 0.6 is 23.2 Å². The predicted molar refractivity (Wildman–Crippen MR) is 138 cm³/mol. The van der Waals surface area contributed by atoms with Crippen LogP contribution in [0.3, 0.4) is 0 Å². The molecule has 1 amide bonds. The van der Waals surface area contributed by atoms with E-state index in [1.807, 2.05) is 62.4 Å². The van der Waals surface area contributed by atoms with Crippen molar-refractivity contribution >= 4 is 35.1 Å². The molecule has 1 heterocycles. The van der Waals surface area contributed by atoms with Crippen molar-refractivity contribution in [3.8, 4) is 5.75 Å². The second-order valence-corrected chi connectivity index (χ2v) is 10.1. The standard InChI is InChI=1S/C28H27Cl2NO4/c1-18-6-8-19(9-7-18)17-31(13-12-25(32)33)27(34)20-10-11-24-22(14-20)16-28(2,35-24)15-21-4-3-5-23(29)26(21)30/h3-11,14H,12-13,15-17H2,1-2H3,(H,32,33)/t28-/m1/s1. The monoisotopic (exact) mass is 511 g/mol. The molecule has 0 radical (unpaired) electrons. The molecule has 1 N–H and O–H groups in total. The number of nitrogens with zero attached hydrogens (tertiary/aromatic N) is 1. The summed E-state index contributed by atoms with van der Waals surface area (Å²) in [4.78, 5) is 26.2. The highest BCUT2D eigenvalue weighted by Crippen LogP contribution is 2.39. The van der Waals surface area contributed by atoms with Crippen molar-refractivity contribution in [1.82, 2.24) is 4.90 Å². The lowest BCUT2D eigenvalue weighted by molar-refractivity contribution is -0.137. The van der Waals surface area contributed by atoms with E-state index in [1.54, 1.807) is 17.0 Å². The Morgan fingerprint density at radius 1 is 1.09 bits per heavy atom. The summed E-state index contributed by atoms with van der Waals surface area (Å²) in [5.74, 6) is -0.413. The fraction of sp³-hybridized carbons (Fsp3) is 0.286. The molecule has 1 aliphatic rings. The molecule has 0 saturated heterocycles. The molecule has 0 aliphatic carbocycles. The molecule has 3 aromatic rings. The van der Waals surface area contributed by atoms with Crippen LogP contribution in [-0.4, -0.2) is 34.0 Å². The first-order valence-electron chi connectivity index (χ1n) is 11.4. The van der Waals surface area contributed by atoms with Crippen LogP contribution in [0.15, 0.2) is 60.7 Å². The van der Waals surface area contributed by atoms with Crippen LogP contribution in [0.25, 0.3) is 0 Å². The first-order chi connectivity index (χ1) is 16.6. The van der Waals surface area contributed by atoms with E-state index < -0.39 is 11.6 Å². The number of aryl methyl sites for hydroxylation is 1. The molecule has 1 atom stereocenters. The van der Waals surface area contributed by atoms with E-state index in [2.05, 4.69) is 0 Å². The smallest absolute Gasteiger partial charge is 0.305 e. The van der Waals surface area contributed by atoms with E-state index in [0.29, 0.717) is 35.0 Å². The number of amides is 1. The van der Waals surface area contributed by atoms with Crippen molar-refractivity contribution in [2.45, 2.75) is 45.3 Å². The number of rotatable bonds is 8. The zero-order valence-electron chi connectivity index (χ0n) is 19.7. The van der Waals surface area contributed by atoms with E-state index in [1.165, 1.54) is 0 Å². The Labute approximate surface area is 215 Å². The molecule has 182 valence electrons. The predicted octanol–water partition coefficient (Wildman–Crippen LogP) is 6.36. The molecule has 3 aromatic carbocycles. The minimum atomic E-state index is -0.940. The molecule has 7 heteroatoms. The van der Waals surface area contributed by atoms with Gasteiger partial charge in [-0.1, -0.05) is 65.2 Å². The van der Waals surface area contributed by atoms with Crippen LogP contribution in [0.2, 0.25) is 10.0 Å². The highest BCUT2D eigenvalue weighted by Gasteiger charge is 2.36. The third-order valence-corrected chi connectivity index (χ3v) is 7.06. The Balaban J connectivity index is 1.53. The van der Waals surface area contributed by atoms with Crippen LogP contribution < -0.4 is 4.74 Å². The number of hydrogen-bond acceptors (Lipinski definition) is 3. The van der Waals surface area contributed by atoms with Gasteiger partial charge in [0.05, 0.1) is 16.5 Å². The summed E-state index contributed by atoms with van der Waals surface area (Å²) in [5, 5.41) is 10.2. The van der Waals surface area contributed by atoms with Crippen molar-refractivity contribution in [2.75, 3.05) is 6.54 Å². The number of hydrogen-bond donors (Lipinski definition) is 1. The van der Waals surface area contributed by atoms with Gasteiger partial charge in [0.1, 0.15) is 11.4 Å². The summed E-state index contributed by atoms with van der Waals surface area (Å²) < 4.78 is 6.27.